The average molecular weight is 461 g/mol. The van der Waals surface area contributed by atoms with Gasteiger partial charge in [0.15, 0.2) is 6.10 Å². The van der Waals surface area contributed by atoms with Crippen LogP contribution in [0.5, 0.6) is 0 Å². The summed E-state index contributed by atoms with van der Waals surface area (Å²) in [4.78, 5) is 23.7. The summed E-state index contributed by atoms with van der Waals surface area (Å²) < 4.78 is 17.4. The molecular weight excluding hydrogens is 432 g/mol. The molecule has 3 aromatic carbocycles. The fourth-order valence-electron chi connectivity index (χ4n) is 4.24. The third-order valence-electron chi connectivity index (χ3n) is 6.26. The molecule has 2 saturated heterocycles. The summed E-state index contributed by atoms with van der Waals surface area (Å²) in [5, 5.41) is 0. The molecule has 5 rings (SSSR count). The number of carbonyl (C=O) groups is 1. The van der Waals surface area contributed by atoms with E-state index in [0.717, 1.165) is 16.7 Å². The smallest absolute Gasteiger partial charge is 0.338 e. The maximum absolute atomic E-state index is 12.7. The fraction of sp³-hybridized carbons (Fsp3) is 0.321. The van der Waals surface area contributed by atoms with Gasteiger partial charge in [-0.1, -0.05) is 71.8 Å². The zero-order valence-corrected chi connectivity index (χ0v) is 19.3. The molecule has 4 unspecified atom stereocenters. The highest BCUT2D eigenvalue weighted by Crippen LogP contribution is 2.31. The molecule has 2 aliphatic heterocycles. The first-order valence-corrected chi connectivity index (χ1v) is 11.5. The molecule has 2 fully saturated rings. The predicted molar refractivity (Wildman–Crippen MR) is 126 cm³/mol. The van der Waals surface area contributed by atoms with Crippen molar-refractivity contribution < 1.29 is 28.8 Å². The summed E-state index contributed by atoms with van der Waals surface area (Å²) >= 11 is 0. The first-order valence-electron chi connectivity index (χ1n) is 11.5. The standard InChI is InChI=1S/C28H28O6/c1-18-3-7-20(8-4-18)15-32-34-25-17-31-26-24(16-30-27(25)26)33-28(29)23-13-11-22(12-14-23)21-9-5-19(2)6-10-21/h3-14,24-27H,15-17H2,1-2H3. The van der Waals surface area contributed by atoms with Crippen LogP contribution in [-0.2, 0) is 30.6 Å². The van der Waals surface area contributed by atoms with E-state index in [-0.39, 0.29) is 24.9 Å². The summed E-state index contributed by atoms with van der Waals surface area (Å²) in [7, 11) is 0. The molecule has 0 bridgehead atoms. The average Bonchev–Trinajstić information content (AvgIpc) is 3.44. The van der Waals surface area contributed by atoms with Gasteiger partial charge in [0, 0.05) is 0 Å². The number of hydrogen-bond acceptors (Lipinski definition) is 6. The minimum absolute atomic E-state index is 0.264. The van der Waals surface area contributed by atoms with E-state index >= 15 is 0 Å². The lowest BCUT2D eigenvalue weighted by atomic mass is 10.0. The molecule has 6 nitrogen and oxygen atoms in total. The minimum Gasteiger partial charge on any atom is -0.453 e. The lowest BCUT2D eigenvalue weighted by Gasteiger charge is -2.17. The summed E-state index contributed by atoms with van der Waals surface area (Å²) in [5.41, 5.74) is 6.07. The molecule has 0 radical (unpaired) electrons. The van der Waals surface area contributed by atoms with Gasteiger partial charge < -0.3 is 14.2 Å². The van der Waals surface area contributed by atoms with Gasteiger partial charge in [-0.15, -0.1) is 0 Å². The molecule has 0 aliphatic carbocycles. The van der Waals surface area contributed by atoms with Gasteiger partial charge in [0.2, 0.25) is 0 Å². The highest BCUT2D eigenvalue weighted by molar-refractivity contribution is 5.90. The van der Waals surface area contributed by atoms with Gasteiger partial charge in [-0.2, -0.15) is 0 Å². The number of ether oxygens (including phenoxy) is 3. The SMILES string of the molecule is Cc1ccc(COOC2COC3C(OC(=O)c4ccc(-c5ccc(C)cc5)cc4)COC23)cc1. The molecule has 3 aromatic rings. The van der Waals surface area contributed by atoms with E-state index in [9.17, 15) is 4.79 Å². The van der Waals surface area contributed by atoms with Gasteiger partial charge in [-0.25, -0.2) is 14.6 Å². The summed E-state index contributed by atoms with van der Waals surface area (Å²) in [6.45, 7) is 5.02. The Bertz CT molecular complexity index is 1110. The molecule has 4 atom stereocenters. The van der Waals surface area contributed by atoms with E-state index in [4.69, 9.17) is 24.0 Å². The van der Waals surface area contributed by atoms with Gasteiger partial charge in [0.1, 0.15) is 24.9 Å². The first kappa shape index (κ1) is 22.7. The van der Waals surface area contributed by atoms with Gasteiger partial charge in [-0.3, -0.25) is 0 Å². The monoisotopic (exact) mass is 460 g/mol. The van der Waals surface area contributed by atoms with E-state index in [0.29, 0.717) is 18.8 Å². The second-order valence-corrected chi connectivity index (χ2v) is 8.87. The molecule has 176 valence electrons. The van der Waals surface area contributed by atoms with Crippen LogP contribution < -0.4 is 0 Å². The van der Waals surface area contributed by atoms with Crippen LogP contribution in [0.3, 0.4) is 0 Å². The van der Waals surface area contributed by atoms with Crippen molar-refractivity contribution in [1.29, 1.82) is 0 Å². The molecule has 0 aromatic heterocycles. The van der Waals surface area contributed by atoms with Crippen molar-refractivity contribution >= 4 is 5.97 Å². The van der Waals surface area contributed by atoms with Gasteiger partial charge in [0.05, 0.1) is 18.8 Å². The van der Waals surface area contributed by atoms with Crippen LogP contribution in [0.2, 0.25) is 0 Å². The van der Waals surface area contributed by atoms with Crippen molar-refractivity contribution in [3.05, 3.63) is 95.1 Å². The van der Waals surface area contributed by atoms with Crippen LogP contribution in [0.25, 0.3) is 11.1 Å². The Hall–Kier alpha value is -3.03. The first-order chi connectivity index (χ1) is 16.6. The van der Waals surface area contributed by atoms with Crippen LogP contribution >= 0.6 is 0 Å². The van der Waals surface area contributed by atoms with E-state index in [1.165, 1.54) is 11.1 Å². The normalized spacial score (nSPS) is 23.6. The van der Waals surface area contributed by atoms with Crippen LogP contribution in [0.4, 0.5) is 0 Å². The second-order valence-electron chi connectivity index (χ2n) is 8.87. The minimum atomic E-state index is -0.486. The molecular formula is C28H28O6. The number of benzene rings is 3. The van der Waals surface area contributed by atoms with Crippen LogP contribution in [-0.4, -0.2) is 43.6 Å². The lowest BCUT2D eigenvalue weighted by Crippen LogP contribution is -2.35. The Morgan fingerprint density at radius 3 is 1.94 bits per heavy atom. The largest absolute Gasteiger partial charge is 0.453 e. The molecule has 6 heteroatoms. The number of hydrogen-bond donors (Lipinski definition) is 0. The lowest BCUT2D eigenvalue weighted by molar-refractivity contribution is -0.341. The van der Waals surface area contributed by atoms with E-state index in [1.807, 2.05) is 43.3 Å². The number of fused-ring (bicyclic) bond motifs is 1. The molecule has 0 spiro atoms. The van der Waals surface area contributed by atoms with Gasteiger partial charge in [-0.05, 0) is 42.7 Å². The molecule has 0 saturated carbocycles. The van der Waals surface area contributed by atoms with Gasteiger partial charge in [0.25, 0.3) is 0 Å². The quantitative estimate of drug-likeness (QED) is 0.286. The molecule has 2 heterocycles. The van der Waals surface area contributed by atoms with E-state index in [2.05, 4.69) is 31.2 Å². The third-order valence-corrected chi connectivity index (χ3v) is 6.26. The van der Waals surface area contributed by atoms with E-state index in [1.54, 1.807) is 12.1 Å². The Morgan fingerprint density at radius 1 is 0.765 bits per heavy atom. The van der Waals surface area contributed by atoms with E-state index < -0.39 is 12.1 Å². The maximum atomic E-state index is 12.7. The summed E-state index contributed by atoms with van der Waals surface area (Å²) in [5.74, 6) is -0.395. The van der Waals surface area contributed by atoms with Crippen molar-refractivity contribution in [2.45, 2.75) is 44.9 Å². The molecule has 2 aliphatic rings. The van der Waals surface area contributed by atoms with Crippen LogP contribution in [0.1, 0.15) is 27.0 Å². The van der Waals surface area contributed by atoms with Crippen molar-refractivity contribution in [3.8, 4) is 11.1 Å². The fourth-order valence-corrected chi connectivity index (χ4v) is 4.24. The van der Waals surface area contributed by atoms with Crippen LogP contribution in [0, 0.1) is 13.8 Å². The Morgan fingerprint density at radius 2 is 1.29 bits per heavy atom. The van der Waals surface area contributed by atoms with Crippen molar-refractivity contribution in [2.24, 2.45) is 0 Å². The molecule has 34 heavy (non-hydrogen) atoms. The van der Waals surface area contributed by atoms with Gasteiger partial charge >= 0.3 is 5.97 Å². The summed E-state index contributed by atoms with van der Waals surface area (Å²) in [6.07, 6.45) is -1.56. The van der Waals surface area contributed by atoms with Crippen LogP contribution in [0.15, 0.2) is 72.8 Å². The second kappa shape index (κ2) is 10.1. The highest BCUT2D eigenvalue weighted by atomic mass is 17.2. The molecule has 0 N–H and O–H groups in total. The number of aryl methyl sites for hydroxylation is 2. The third kappa shape index (κ3) is 5.05. The van der Waals surface area contributed by atoms with Crippen molar-refractivity contribution in [3.63, 3.8) is 0 Å². The topological polar surface area (TPSA) is 63.2 Å². The Balaban J connectivity index is 1.13. The Labute approximate surface area is 199 Å². The molecule has 0 amide bonds. The number of esters is 1. The zero-order valence-electron chi connectivity index (χ0n) is 19.3. The number of carbonyl (C=O) groups excluding carboxylic acids is 1. The summed E-state index contributed by atoms with van der Waals surface area (Å²) in [6, 6.07) is 23.8. The highest BCUT2D eigenvalue weighted by Gasteiger charge is 2.50. The Kier molecular flexibility index (Phi) is 6.74. The van der Waals surface area contributed by atoms with Crippen molar-refractivity contribution in [1.82, 2.24) is 0 Å². The number of rotatable bonds is 7. The maximum Gasteiger partial charge on any atom is 0.338 e. The predicted octanol–water partition coefficient (Wildman–Crippen LogP) is 4.81. The van der Waals surface area contributed by atoms with Crippen molar-refractivity contribution in [2.75, 3.05) is 13.2 Å². The zero-order chi connectivity index (χ0) is 23.5.